The molecule has 0 amide bonds. The fraction of sp³-hybridized carbons (Fsp3) is 0. The summed E-state index contributed by atoms with van der Waals surface area (Å²) >= 11 is 1.91. The van der Waals surface area contributed by atoms with Crippen LogP contribution in [0, 0.1) is 0 Å². The summed E-state index contributed by atoms with van der Waals surface area (Å²) in [5.41, 5.74) is 20.7. The Morgan fingerprint density at radius 3 is 1.42 bits per heavy atom. The minimum atomic E-state index is -0.0175. The molecule has 11 aromatic rings. The predicted octanol–water partition coefficient (Wildman–Crippen LogP) is 14.2. The van der Waals surface area contributed by atoms with Crippen LogP contribution in [0.15, 0.2) is 246 Å². The Kier molecular flexibility index (Phi) is 8.60. The first-order chi connectivity index (χ1) is 31.8. The smallest absolute Gasteiger partial charge is 0.249 e. The second-order valence-electron chi connectivity index (χ2n) is 16.8. The van der Waals surface area contributed by atoms with Crippen molar-refractivity contribution < 1.29 is 0 Å². The first kappa shape index (κ1) is 36.8. The molecule has 2 aliphatic heterocycles. The lowest BCUT2D eigenvalue weighted by molar-refractivity contribution is 1.15. The molecule has 4 heteroatoms. The van der Waals surface area contributed by atoms with E-state index in [1.54, 1.807) is 0 Å². The molecule has 13 rings (SSSR count). The van der Waals surface area contributed by atoms with Gasteiger partial charge in [-0.05, 0) is 80.7 Å². The van der Waals surface area contributed by atoms with Crippen molar-refractivity contribution in [1.82, 2.24) is 4.57 Å². The zero-order valence-electron chi connectivity index (χ0n) is 34.9. The first-order valence-corrected chi connectivity index (χ1v) is 22.9. The molecule has 0 spiro atoms. The third-order valence-corrected chi connectivity index (χ3v) is 14.4. The average molecular weight is 831 g/mol. The van der Waals surface area contributed by atoms with Crippen LogP contribution in [0.1, 0.15) is 0 Å². The lowest BCUT2D eigenvalue weighted by atomic mass is 9.34. The van der Waals surface area contributed by atoms with Gasteiger partial charge in [-0.1, -0.05) is 217 Å². The Hall–Kier alpha value is -7.79. The maximum atomic E-state index is 2.62. The van der Waals surface area contributed by atoms with E-state index in [1.165, 1.54) is 110 Å². The number of nitrogens with zero attached hydrogens (tertiary/aromatic N) is 2. The molecule has 3 heterocycles. The maximum absolute atomic E-state index is 2.62. The number of benzene rings is 10. The lowest BCUT2D eigenvalue weighted by Gasteiger charge is -2.42. The minimum Gasteiger partial charge on any atom is -0.310 e. The molecule has 298 valence electrons. The lowest BCUT2D eigenvalue weighted by Crippen LogP contribution is -2.60. The molecule has 0 aliphatic carbocycles. The zero-order chi connectivity index (χ0) is 42.1. The summed E-state index contributed by atoms with van der Waals surface area (Å²) in [5, 5.41) is 2.51. The summed E-state index contributed by atoms with van der Waals surface area (Å²) < 4.78 is 2.48. The number of hydrogen-bond acceptors (Lipinski definition) is 2. The van der Waals surface area contributed by atoms with Crippen LogP contribution in [0.2, 0.25) is 0 Å². The van der Waals surface area contributed by atoms with Crippen molar-refractivity contribution in [2.24, 2.45) is 0 Å². The van der Waals surface area contributed by atoms with E-state index < -0.39 is 0 Å². The molecule has 10 aromatic carbocycles. The average Bonchev–Trinajstić information content (AvgIpc) is 3.71. The number of rotatable bonds is 6. The Balaban J connectivity index is 1.17. The molecule has 0 saturated carbocycles. The monoisotopic (exact) mass is 830 g/mol. The highest BCUT2D eigenvalue weighted by atomic mass is 32.2. The third kappa shape index (κ3) is 5.83. The number of anilines is 3. The topological polar surface area (TPSA) is 8.17 Å². The molecule has 0 radical (unpaired) electrons. The molecule has 0 atom stereocenters. The van der Waals surface area contributed by atoms with E-state index in [-0.39, 0.29) is 6.71 Å². The number of aromatic nitrogens is 1. The van der Waals surface area contributed by atoms with Gasteiger partial charge in [-0.15, -0.1) is 0 Å². The molecule has 0 fully saturated rings. The summed E-state index contributed by atoms with van der Waals surface area (Å²) in [7, 11) is 0. The molecule has 2 aliphatic rings. The van der Waals surface area contributed by atoms with Crippen LogP contribution in [0.3, 0.4) is 0 Å². The second-order valence-corrected chi connectivity index (χ2v) is 17.9. The van der Waals surface area contributed by atoms with Crippen LogP contribution in [-0.2, 0) is 0 Å². The largest absolute Gasteiger partial charge is 0.310 e. The standard InChI is InChI=1S/C60H39BN2S/c1-5-18-40(19-6-1)44-32-34-55-51(36-44)61-52-37-45(41-20-7-2-8-21-41)33-35-57(52)64-58-39-46(62-53-30-15-13-26-49(53)50-27-14-16-31-54(50)62)38-56(59(58)61)63(55)60-47(42-22-9-3-10-23-42)28-17-29-48(60)43-24-11-4-12-25-43/h1-39H. The van der Waals surface area contributed by atoms with Crippen LogP contribution in [0.4, 0.5) is 17.1 Å². The van der Waals surface area contributed by atoms with Gasteiger partial charge in [-0.3, -0.25) is 0 Å². The van der Waals surface area contributed by atoms with Crippen molar-refractivity contribution in [2.75, 3.05) is 4.90 Å². The Morgan fingerprint density at radius 1 is 0.344 bits per heavy atom. The highest BCUT2D eigenvalue weighted by molar-refractivity contribution is 8.00. The van der Waals surface area contributed by atoms with Gasteiger partial charge >= 0.3 is 0 Å². The highest BCUT2D eigenvalue weighted by Crippen LogP contribution is 2.50. The van der Waals surface area contributed by atoms with Gasteiger partial charge in [0.25, 0.3) is 0 Å². The maximum Gasteiger partial charge on any atom is 0.249 e. The third-order valence-electron chi connectivity index (χ3n) is 13.2. The normalized spacial score (nSPS) is 12.6. The predicted molar refractivity (Wildman–Crippen MR) is 272 cm³/mol. The van der Waals surface area contributed by atoms with E-state index in [0.717, 1.165) is 5.69 Å². The van der Waals surface area contributed by atoms with E-state index in [9.17, 15) is 0 Å². The Morgan fingerprint density at radius 2 is 0.844 bits per heavy atom. The van der Waals surface area contributed by atoms with E-state index in [0.29, 0.717) is 0 Å². The Labute approximate surface area is 377 Å². The highest BCUT2D eigenvalue weighted by Gasteiger charge is 2.43. The van der Waals surface area contributed by atoms with Crippen LogP contribution in [-0.4, -0.2) is 11.3 Å². The van der Waals surface area contributed by atoms with Crippen molar-refractivity contribution in [1.29, 1.82) is 0 Å². The van der Waals surface area contributed by atoms with Gasteiger partial charge in [0.15, 0.2) is 0 Å². The van der Waals surface area contributed by atoms with E-state index in [1.807, 2.05) is 11.8 Å². The fourth-order valence-corrected chi connectivity index (χ4v) is 11.6. The quantitative estimate of drug-likeness (QED) is 0.154. The molecule has 1 aromatic heterocycles. The molecule has 0 bridgehead atoms. The van der Waals surface area contributed by atoms with Crippen LogP contribution >= 0.6 is 11.8 Å². The van der Waals surface area contributed by atoms with Gasteiger partial charge in [-0.2, -0.15) is 0 Å². The molecule has 0 N–H and O–H groups in total. The first-order valence-electron chi connectivity index (χ1n) is 22.0. The van der Waals surface area contributed by atoms with Gasteiger partial charge < -0.3 is 9.47 Å². The SMILES string of the molecule is c1ccc(-c2ccc3c(c2)B2c4cc(-c5ccccc5)ccc4N(c4c(-c5ccccc5)cccc4-c4ccccc4)c4cc(-n5c6ccccc6c6ccccc65)cc(c42)S3)cc1. The van der Waals surface area contributed by atoms with Crippen molar-refractivity contribution in [3.8, 4) is 50.2 Å². The molecular formula is C60H39BN2S. The van der Waals surface area contributed by atoms with Gasteiger partial charge in [0, 0.05) is 48.8 Å². The van der Waals surface area contributed by atoms with Crippen molar-refractivity contribution >= 4 is 73.7 Å². The van der Waals surface area contributed by atoms with Gasteiger partial charge in [0.05, 0.1) is 16.7 Å². The fourth-order valence-electron chi connectivity index (χ4n) is 10.4. The summed E-state index contributed by atoms with van der Waals surface area (Å²) in [6.07, 6.45) is 0. The van der Waals surface area contributed by atoms with Crippen molar-refractivity contribution in [2.45, 2.75) is 9.79 Å². The van der Waals surface area contributed by atoms with Crippen LogP contribution < -0.4 is 21.3 Å². The van der Waals surface area contributed by atoms with E-state index in [2.05, 4.69) is 246 Å². The molecule has 2 nitrogen and oxygen atoms in total. The second kappa shape index (κ2) is 14.9. The summed E-state index contributed by atoms with van der Waals surface area (Å²) in [4.78, 5) is 5.19. The minimum absolute atomic E-state index is 0.0175. The number of fused-ring (bicyclic) bond motifs is 7. The van der Waals surface area contributed by atoms with Gasteiger partial charge in [0.2, 0.25) is 6.71 Å². The molecular weight excluding hydrogens is 792 g/mol. The van der Waals surface area contributed by atoms with E-state index in [4.69, 9.17) is 0 Å². The van der Waals surface area contributed by atoms with Crippen LogP contribution in [0.5, 0.6) is 0 Å². The van der Waals surface area contributed by atoms with Crippen LogP contribution in [0.25, 0.3) is 72.0 Å². The number of hydrogen-bond donors (Lipinski definition) is 0. The summed E-state index contributed by atoms with van der Waals surface area (Å²) in [6.45, 7) is -0.0175. The van der Waals surface area contributed by atoms with Gasteiger partial charge in [-0.25, -0.2) is 0 Å². The van der Waals surface area contributed by atoms with Crippen molar-refractivity contribution in [3.63, 3.8) is 0 Å². The Bertz CT molecular complexity index is 3470. The molecule has 0 saturated heterocycles. The molecule has 64 heavy (non-hydrogen) atoms. The van der Waals surface area contributed by atoms with Crippen molar-refractivity contribution in [3.05, 3.63) is 237 Å². The van der Waals surface area contributed by atoms with Gasteiger partial charge in [0.1, 0.15) is 0 Å². The number of para-hydroxylation sites is 3. The van der Waals surface area contributed by atoms with E-state index >= 15 is 0 Å². The summed E-state index contributed by atoms with van der Waals surface area (Å²) in [6, 6.07) is 87.4. The summed E-state index contributed by atoms with van der Waals surface area (Å²) in [5.74, 6) is 0. The molecule has 0 unspecified atom stereocenters. The zero-order valence-corrected chi connectivity index (χ0v) is 35.7.